The number of benzene rings is 1. The first kappa shape index (κ1) is 16.2. The van der Waals surface area contributed by atoms with Crippen molar-refractivity contribution >= 4 is 29.9 Å². The van der Waals surface area contributed by atoms with Crippen LogP contribution in [0, 0.1) is 5.82 Å². The highest BCUT2D eigenvalue weighted by Crippen LogP contribution is 2.15. The van der Waals surface area contributed by atoms with E-state index in [1.807, 2.05) is 0 Å². The van der Waals surface area contributed by atoms with E-state index >= 15 is 0 Å². The summed E-state index contributed by atoms with van der Waals surface area (Å²) >= 11 is 5.61. The number of hydrogen-bond acceptors (Lipinski definition) is 2. The molecule has 0 saturated carbocycles. The highest BCUT2D eigenvalue weighted by molar-refractivity contribution is 6.30. The van der Waals surface area contributed by atoms with Gasteiger partial charge >= 0.3 is 0 Å². The lowest BCUT2D eigenvalue weighted by Crippen LogP contribution is -2.33. The molecule has 0 heterocycles. The van der Waals surface area contributed by atoms with E-state index in [9.17, 15) is 9.18 Å². The first-order valence-corrected chi connectivity index (χ1v) is 5.29. The third kappa shape index (κ3) is 4.50. The van der Waals surface area contributed by atoms with Gasteiger partial charge in [-0.15, -0.1) is 12.4 Å². The molecule has 1 amide bonds. The molecule has 1 aromatic rings. The Kier molecular flexibility index (Phi) is 7.11. The number of carbonyl (C=O) groups is 1. The molecule has 17 heavy (non-hydrogen) atoms. The van der Waals surface area contributed by atoms with Gasteiger partial charge in [-0.3, -0.25) is 4.79 Å². The molecule has 0 bridgehead atoms. The summed E-state index contributed by atoms with van der Waals surface area (Å²) in [5.74, 6) is -0.932. The quantitative estimate of drug-likeness (QED) is 0.917. The van der Waals surface area contributed by atoms with Crippen LogP contribution >= 0.6 is 24.0 Å². The van der Waals surface area contributed by atoms with E-state index in [0.717, 1.165) is 6.07 Å². The Labute approximate surface area is 111 Å². The largest absolute Gasteiger partial charge is 0.340 e. The standard InChI is InChI=1S/C11H14ClFN2O.ClH/c1-14-5-6-15(2)11(16)9-4-3-8(12)7-10(9)13;/h3-4,7,14H,5-6H2,1-2H3;1H. The highest BCUT2D eigenvalue weighted by atomic mass is 35.5. The summed E-state index contributed by atoms with van der Waals surface area (Å²) < 4.78 is 13.4. The fourth-order valence-corrected chi connectivity index (χ4v) is 1.41. The Morgan fingerprint density at radius 3 is 2.71 bits per heavy atom. The minimum Gasteiger partial charge on any atom is -0.340 e. The maximum absolute atomic E-state index is 13.4. The van der Waals surface area contributed by atoms with Crippen LogP contribution in [0.15, 0.2) is 18.2 Å². The first-order chi connectivity index (χ1) is 7.56. The summed E-state index contributed by atoms with van der Waals surface area (Å²) in [5.41, 5.74) is 0.0444. The van der Waals surface area contributed by atoms with Crippen molar-refractivity contribution in [2.24, 2.45) is 0 Å². The van der Waals surface area contributed by atoms with Crippen molar-refractivity contribution in [3.63, 3.8) is 0 Å². The number of carbonyl (C=O) groups excluding carboxylic acids is 1. The van der Waals surface area contributed by atoms with Crippen molar-refractivity contribution in [2.45, 2.75) is 0 Å². The molecule has 0 aliphatic heterocycles. The summed E-state index contributed by atoms with van der Waals surface area (Å²) in [6.07, 6.45) is 0. The number of halogens is 3. The van der Waals surface area contributed by atoms with E-state index in [1.165, 1.54) is 17.0 Å². The van der Waals surface area contributed by atoms with Crippen LogP contribution in [0.2, 0.25) is 5.02 Å². The SMILES string of the molecule is CNCCN(C)C(=O)c1ccc(Cl)cc1F.Cl. The van der Waals surface area contributed by atoms with Crippen molar-refractivity contribution in [3.8, 4) is 0 Å². The number of likely N-dealkylation sites (N-methyl/N-ethyl adjacent to an activating group) is 2. The lowest BCUT2D eigenvalue weighted by Gasteiger charge is -2.17. The Morgan fingerprint density at radius 1 is 1.53 bits per heavy atom. The second-order valence-electron chi connectivity index (χ2n) is 3.45. The van der Waals surface area contributed by atoms with Crippen LogP contribution in [0.1, 0.15) is 10.4 Å². The molecule has 0 spiro atoms. The molecule has 0 unspecified atom stereocenters. The van der Waals surface area contributed by atoms with Crippen molar-refractivity contribution < 1.29 is 9.18 Å². The molecule has 6 heteroatoms. The lowest BCUT2D eigenvalue weighted by molar-refractivity contribution is 0.0792. The second-order valence-corrected chi connectivity index (χ2v) is 3.89. The summed E-state index contributed by atoms with van der Waals surface area (Å²) in [4.78, 5) is 13.3. The van der Waals surface area contributed by atoms with Gasteiger partial charge in [0.2, 0.25) is 0 Å². The zero-order chi connectivity index (χ0) is 12.1. The summed E-state index contributed by atoms with van der Waals surface area (Å²) in [7, 11) is 3.43. The average molecular weight is 281 g/mol. The molecule has 1 aromatic carbocycles. The molecule has 0 aliphatic rings. The molecule has 96 valence electrons. The number of amides is 1. The molecule has 0 aliphatic carbocycles. The Balaban J connectivity index is 0.00000256. The van der Waals surface area contributed by atoms with E-state index in [1.54, 1.807) is 14.1 Å². The lowest BCUT2D eigenvalue weighted by atomic mass is 10.2. The van der Waals surface area contributed by atoms with Crippen molar-refractivity contribution in [2.75, 3.05) is 27.2 Å². The van der Waals surface area contributed by atoms with Gasteiger partial charge in [0.25, 0.3) is 5.91 Å². The van der Waals surface area contributed by atoms with Crippen molar-refractivity contribution in [1.29, 1.82) is 0 Å². The predicted octanol–water partition coefficient (Wildman–Crippen LogP) is 2.19. The molecule has 0 saturated heterocycles. The molecule has 0 aromatic heterocycles. The molecule has 1 N–H and O–H groups in total. The van der Waals surface area contributed by atoms with E-state index in [0.29, 0.717) is 13.1 Å². The zero-order valence-electron chi connectivity index (χ0n) is 9.67. The average Bonchev–Trinajstić information content (AvgIpc) is 2.25. The monoisotopic (exact) mass is 280 g/mol. The second kappa shape index (κ2) is 7.48. The minimum atomic E-state index is -0.589. The number of nitrogens with one attached hydrogen (secondary N) is 1. The van der Waals surface area contributed by atoms with Gasteiger partial charge in [0.05, 0.1) is 5.56 Å². The van der Waals surface area contributed by atoms with Crippen molar-refractivity contribution in [1.82, 2.24) is 10.2 Å². The summed E-state index contributed by atoms with van der Waals surface area (Å²) in [6, 6.07) is 4.04. The molecular formula is C11H15Cl2FN2O. The van der Waals surface area contributed by atoms with Gasteiger partial charge in [-0.1, -0.05) is 11.6 Å². The van der Waals surface area contributed by atoms with Crippen LogP contribution in [0.5, 0.6) is 0 Å². The summed E-state index contributed by atoms with van der Waals surface area (Å²) in [6.45, 7) is 1.19. The maximum atomic E-state index is 13.4. The van der Waals surface area contributed by atoms with Crippen LogP contribution in [0.4, 0.5) is 4.39 Å². The molecule has 0 radical (unpaired) electrons. The topological polar surface area (TPSA) is 32.3 Å². The number of rotatable bonds is 4. The van der Waals surface area contributed by atoms with Crippen LogP contribution in [0.25, 0.3) is 0 Å². The van der Waals surface area contributed by atoms with E-state index in [-0.39, 0.29) is 28.9 Å². The van der Waals surface area contributed by atoms with Gasteiger partial charge in [0.1, 0.15) is 5.82 Å². The van der Waals surface area contributed by atoms with Gasteiger partial charge in [-0.25, -0.2) is 4.39 Å². The molecule has 3 nitrogen and oxygen atoms in total. The number of hydrogen-bond donors (Lipinski definition) is 1. The smallest absolute Gasteiger partial charge is 0.256 e. The summed E-state index contributed by atoms with van der Waals surface area (Å²) in [5, 5.41) is 3.20. The van der Waals surface area contributed by atoms with E-state index < -0.39 is 5.82 Å². The van der Waals surface area contributed by atoms with E-state index in [4.69, 9.17) is 11.6 Å². The van der Waals surface area contributed by atoms with Gasteiger partial charge in [-0.2, -0.15) is 0 Å². The Bertz CT molecular complexity index is 388. The van der Waals surface area contributed by atoms with Crippen LogP contribution in [-0.4, -0.2) is 38.0 Å². The maximum Gasteiger partial charge on any atom is 0.256 e. The Morgan fingerprint density at radius 2 is 2.18 bits per heavy atom. The third-order valence-corrected chi connectivity index (χ3v) is 2.44. The molecule has 0 atom stereocenters. The number of nitrogens with zero attached hydrogens (tertiary/aromatic N) is 1. The predicted molar refractivity (Wildman–Crippen MR) is 69.5 cm³/mol. The Hall–Kier alpha value is -0.840. The van der Waals surface area contributed by atoms with Gasteiger partial charge in [-0.05, 0) is 25.2 Å². The highest BCUT2D eigenvalue weighted by Gasteiger charge is 2.15. The van der Waals surface area contributed by atoms with Gasteiger partial charge in [0.15, 0.2) is 0 Å². The van der Waals surface area contributed by atoms with Gasteiger partial charge < -0.3 is 10.2 Å². The van der Waals surface area contributed by atoms with Crippen LogP contribution < -0.4 is 5.32 Å². The van der Waals surface area contributed by atoms with Crippen LogP contribution in [0.3, 0.4) is 0 Å². The molecular weight excluding hydrogens is 266 g/mol. The third-order valence-electron chi connectivity index (χ3n) is 2.21. The fourth-order valence-electron chi connectivity index (χ4n) is 1.25. The fraction of sp³-hybridized carbons (Fsp3) is 0.364. The minimum absolute atomic E-state index is 0. The molecule has 0 fully saturated rings. The first-order valence-electron chi connectivity index (χ1n) is 4.91. The van der Waals surface area contributed by atoms with E-state index in [2.05, 4.69) is 5.32 Å². The normalized spacial score (nSPS) is 9.65. The zero-order valence-corrected chi connectivity index (χ0v) is 11.2. The van der Waals surface area contributed by atoms with Crippen LogP contribution in [-0.2, 0) is 0 Å². The van der Waals surface area contributed by atoms with Gasteiger partial charge in [0, 0.05) is 25.2 Å². The van der Waals surface area contributed by atoms with Crippen molar-refractivity contribution in [3.05, 3.63) is 34.6 Å². The molecule has 1 rings (SSSR count).